The summed E-state index contributed by atoms with van der Waals surface area (Å²) in [6.45, 7) is -0.0716. The van der Waals surface area contributed by atoms with Crippen molar-refractivity contribution >= 4 is 23.5 Å². The first-order chi connectivity index (χ1) is 14.1. The summed E-state index contributed by atoms with van der Waals surface area (Å²) in [5.74, 6) is -0.691. The molecule has 1 N–H and O–H groups in total. The first-order valence-electron chi connectivity index (χ1n) is 8.74. The number of rotatable bonds is 5. The molecule has 0 atom stereocenters. The molecule has 0 saturated carbocycles. The molecule has 1 aromatic carbocycles. The number of pyridine rings is 1. The van der Waals surface area contributed by atoms with Crippen molar-refractivity contribution in [2.75, 3.05) is 11.9 Å². The van der Waals surface area contributed by atoms with Gasteiger partial charge in [0, 0.05) is 19.2 Å². The van der Waals surface area contributed by atoms with Gasteiger partial charge in [-0.25, -0.2) is 4.98 Å². The zero-order valence-electron chi connectivity index (χ0n) is 15.1. The lowest BCUT2D eigenvalue weighted by atomic mass is 10.1. The third kappa shape index (κ3) is 3.23. The molecule has 3 heterocycles. The van der Waals surface area contributed by atoms with E-state index in [0.717, 1.165) is 4.90 Å². The Hall–Kier alpha value is -4.32. The van der Waals surface area contributed by atoms with Crippen LogP contribution in [0.4, 0.5) is 5.82 Å². The number of nitriles is 1. The number of carbonyl (C=O) groups is 3. The monoisotopic (exact) mass is 386 g/mol. The standard InChI is InChI=1S/C20H14N6O3/c21-11-13-12-23-26(16-7-3-4-9-22-16)18(13)24-17(27)8-10-25-19(28)14-5-1-2-6-15(14)20(25)29/h1-7,9,12H,8,10H2,(H,24,27). The van der Waals surface area contributed by atoms with Crippen LogP contribution in [0, 0.1) is 11.3 Å². The Morgan fingerprint density at radius 1 is 1.07 bits per heavy atom. The van der Waals surface area contributed by atoms with Crippen molar-refractivity contribution in [2.24, 2.45) is 0 Å². The third-order valence-corrected chi connectivity index (χ3v) is 4.45. The van der Waals surface area contributed by atoms with Crippen molar-refractivity contribution in [3.05, 3.63) is 71.5 Å². The van der Waals surface area contributed by atoms with Gasteiger partial charge in [0.25, 0.3) is 11.8 Å². The maximum Gasteiger partial charge on any atom is 0.261 e. The summed E-state index contributed by atoms with van der Waals surface area (Å²) in [4.78, 5) is 42.4. The quantitative estimate of drug-likeness (QED) is 0.667. The van der Waals surface area contributed by atoms with E-state index in [2.05, 4.69) is 15.4 Å². The average molecular weight is 386 g/mol. The first-order valence-corrected chi connectivity index (χ1v) is 8.74. The number of nitrogens with one attached hydrogen (secondary N) is 1. The molecule has 1 aliphatic heterocycles. The Labute approximate surface area is 165 Å². The fourth-order valence-corrected chi connectivity index (χ4v) is 3.05. The van der Waals surface area contributed by atoms with Gasteiger partial charge in [0.15, 0.2) is 11.6 Å². The van der Waals surface area contributed by atoms with Crippen LogP contribution in [0.5, 0.6) is 0 Å². The van der Waals surface area contributed by atoms with Gasteiger partial charge in [-0.3, -0.25) is 19.3 Å². The lowest BCUT2D eigenvalue weighted by molar-refractivity contribution is -0.116. The van der Waals surface area contributed by atoms with Crippen LogP contribution in [-0.2, 0) is 4.79 Å². The fourth-order valence-electron chi connectivity index (χ4n) is 3.05. The van der Waals surface area contributed by atoms with Crippen LogP contribution in [0.3, 0.4) is 0 Å². The van der Waals surface area contributed by atoms with Gasteiger partial charge in [-0.2, -0.15) is 15.0 Å². The van der Waals surface area contributed by atoms with E-state index in [0.29, 0.717) is 16.9 Å². The number of carbonyl (C=O) groups excluding carboxylic acids is 3. The number of anilines is 1. The number of aromatic nitrogens is 3. The van der Waals surface area contributed by atoms with Gasteiger partial charge in [0.1, 0.15) is 11.6 Å². The summed E-state index contributed by atoms with van der Waals surface area (Å²) >= 11 is 0. The number of fused-ring (bicyclic) bond motifs is 1. The largest absolute Gasteiger partial charge is 0.309 e. The lowest BCUT2D eigenvalue weighted by Crippen LogP contribution is -2.33. The van der Waals surface area contributed by atoms with Gasteiger partial charge in [0.2, 0.25) is 5.91 Å². The van der Waals surface area contributed by atoms with Crippen LogP contribution >= 0.6 is 0 Å². The summed E-state index contributed by atoms with van der Waals surface area (Å²) in [5, 5.41) is 16.0. The Balaban J connectivity index is 1.48. The van der Waals surface area contributed by atoms with E-state index in [9.17, 15) is 19.6 Å². The minimum atomic E-state index is -0.462. The second-order valence-corrected chi connectivity index (χ2v) is 6.22. The van der Waals surface area contributed by atoms with Crippen LogP contribution in [-0.4, -0.2) is 43.9 Å². The van der Waals surface area contributed by atoms with Gasteiger partial charge in [-0.15, -0.1) is 0 Å². The van der Waals surface area contributed by atoms with Crippen LogP contribution < -0.4 is 5.32 Å². The maximum atomic E-state index is 12.5. The SMILES string of the molecule is N#Cc1cnn(-c2ccccn2)c1NC(=O)CCN1C(=O)c2ccccc2C1=O. The highest BCUT2D eigenvalue weighted by atomic mass is 16.2. The lowest BCUT2D eigenvalue weighted by Gasteiger charge is -2.14. The summed E-state index contributed by atoms with van der Waals surface area (Å²) in [6, 6.07) is 13.7. The Kier molecular flexibility index (Phi) is 4.58. The summed E-state index contributed by atoms with van der Waals surface area (Å²) < 4.78 is 1.35. The number of hydrogen-bond donors (Lipinski definition) is 1. The normalized spacial score (nSPS) is 12.6. The van der Waals surface area contributed by atoms with E-state index in [1.54, 1.807) is 48.7 Å². The van der Waals surface area contributed by atoms with Crippen LogP contribution in [0.15, 0.2) is 54.9 Å². The second kappa shape index (κ2) is 7.36. The molecule has 3 aromatic rings. The number of benzene rings is 1. The number of imide groups is 1. The molecule has 0 bridgehead atoms. The molecule has 1 aliphatic rings. The highest BCUT2D eigenvalue weighted by Gasteiger charge is 2.35. The van der Waals surface area contributed by atoms with Crippen LogP contribution in [0.25, 0.3) is 5.82 Å². The van der Waals surface area contributed by atoms with E-state index in [4.69, 9.17) is 0 Å². The predicted octanol–water partition coefficient (Wildman–Crippen LogP) is 1.76. The third-order valence-electron chi connectivity index (χ3n) is 4.45. The van der Waals surface area contributed by atoms with E-state index < -0.39 is 17.7 Å². The summed E-state index contributed by atoms with van der Waals surface area (Å²) in [6.07, 6.45) is 2.77. The molecular weight excluding hydrogens is 372 g/mol. The Bertz CT molecular complexity index is 1130. The fraction of sp³-hybridized carbons (Fsp3) is 0.100. The van der Waals surface area contributed by atoms with Crippen molar-refractivity contribution in [2.45, 2.75) is 6.42 Å². The predicted molar refractivity (Wildman–Crippen MR) is 101 cm³/mol. The average Bonchev–Trinajstić information content (AvgIpc) is 3.26. The molecule has 9 nitrogen and oxygen atoms in total. The molecule has 4 rings (SSSR count). The molecule has 0 saturated heterocycles. The molecule has 0 spiro atoms. The number of nitrogens with zero attached hydrogens (tertiary/aromatic N) is 5. The summed E-state index contributed by atoms with van der Waals surface area (Å²) in [5.41, 5.74) is 0.834. The zero-order valence-corrected chi connectivity index (χ0v) is 15.1. The Morgan fingerprint density at radius 3 is 2.38 bits per heavy atom. The van der Waals surface area contributed by atoms with E-state index >= 15 is 0 Å². The van der Waals surface area contributed by atoms with Crippen molar-refractivity contribution in [3.63, 3.8) is 0 Å². The molecule has 9 heteroatoms. The molecule has 0 fully saturated rings. The molecule has 142 valence electrons. The van der Waals surface area contributed by atoms with Crippen molar-refractivity contribution in [3.8, 4) is 11.9 Å². The molecular formula is C20H14N6O3. The number of hydrogen-bond acceptors (Lipinski definition) is 6. The van der Waals surface area contributed by atoms with Gasteiger partial charge >= 0.3 is 0 Å². The zero-order chi connectivity index (χ0) is 20.4. The van der Waals surface area contributed by atoms with Crippen LogP contribution in [0.1, 0.15) is 32.7 Å². The molecule has 0 unspecified atom stereocenters. The minimum Gasteiger partial charge on any atom is -0.309 e. The minimum absolute atomic E-state index is 0.0716. The Morgan fingerprint density at radius 2 is 1.76 bits per heavy atom. The first kappa shape index (κ1) is 18.1. The summed E-state index contributed by atoms with van der Waals surface area (Å²) in [7, 11) is 0. The van der Waals surface area contributed by atoms with E-state index in [-0.39, 0.29) is 24.3 Å². The highest BCUT2D eigenvalue weighted by Crippen LogP contribution is 2.23. The van der Waals surface area contributed by atoms with E-state index in [1.807, 2.05) is 6.07 Å². The van der Waals surface area contributed by atoms with Gasteiger partial charge < -0.3 is 5.32 Å². The van der Waals surface area contributed by atoms with Gasteiger partial charge in [-0.05, 0) is 24.3 Å². The highest BCUT2D eigenvalue weighted by molar-refractivity contribution is 6.21. The maximum absolute atomic E-state index is 12.5. The number of amides is 3. The van der Waals surface area contributed by atoms with Crippen molar-refractivity contribution < 1.29 is 14.4 Å². The van der Waals surface area contributed by atoms with Gasteiger partial charge in [-0.1, -0.05) is 18.2 Å². The second-order valence-electron chi connectivity index (χ2n) is 6.22. The molecule has 3 amide bonds. The van der Waals surface area contributed by atoms with Gasteiger partial charge in [0.05, 0.1) is 17.3 Å². The molecule has 29 heavy (non-hydrogen) atoms. The van der Waals surface area contributed by atoms with E-state index in [1.165, 1.54) is 10.9 Å². The molecule has 0 aliphatic carbocycles. The smallest absolute Gasteiger partial charge is 0.261 e. The van der Waals surface area contributed by atoms with Crippen molar-refractivity contribution in [1.29, 1.82) is 5.26 Å². The topological polar surface area (TPSA) is 121 Å². The van der Waals surface area contributed by atoms with Crippen molar-refractivity contribution in [1.82, 2.24) is 19.7 Å². The molecule has 2 aromatic heterocycles. The van der Waals surface area contributed by atoms with Crippen LogP contribution in [0.2, 0.25) is 0 Å². The molecule has 0 radical (unpaired) electrons.